The average molecular weight is 904 g/mol. The molecule has 4 aromatic heterocycles. The maximum Gasteiger partial charge on any atom is 0.284 e. The van der Waals surface area contributed by atoms with Crippen molar-refractivity contribution in [2.45, 2.75) is 140 Å². The fourth-order valence-corrected chi connectivity index (χ4v) is 10.6. The molecule has 2 aliphatic heterocycles. The number of piperidine rings is 2. The molecule has 9 rings (SSSR count). The van der Waals surface area contributed by atoms with Gasteiger partial charge in [-0.2, -0.15) is 15.3 Å². The van der Waals surface area contributed by atoms with Crippen molar-refractivity contribution in [1.82, 2.24) is 44.4 Å². The van der Waals surface area contributed by atoms with Crippen LogP contribution in [0, 0.1) is 12.8 Å². The van der Waals surface area contributed by atoms with Gasteiger partial charge in [-0.1, -0.05) is 13.0 Å². The van der Waals surface area contributed by atoms with Crippen molar-refractivity contribution < 1.29 is 38.4 Å². The number of anilines is 2. The van der Waals surface area contributed by atoms with E-state index in [1.54, 1.807) is 16.9 Å². The van der Waals surface area contributed by atoms with E-state index in [0.717, 1.165) is 99.8 Å². The lowest BCUT2D eigenvalue weighted by atomic mass is 9.78. The Labute approximate surface area is 377 Å². The van der Waals surface area contributed by atoms with Crippen LogP contribution in [-0.4, -0.2) is 130 Å². The van der Waals surface area contributed by atoms with E-state index in [4.69, 9.17) is 14.6 Å². The van der Waals surface area contributed by atoms with Crippen molar-refractivity contribution in [2.75, 3.05) is 49.5 Å². The second kappa shape index (κ2) is 19.2. The van der Waals surface area contributed by atoms with E-state index in [1.807, 2.05) is 41.6 Å². The van der Waals surface area contributed by atoms with Crippen molar-refractivity contribution in [3.63, 3.8) is 0 Å². The Morgan fingerprint density at radius 3 is 2.54 bits per heavy atom. The Bertz CT molecular complexity index is 2410. The lowest BCUT2D eigenvalue weighted by Crippen LogP contribution is -2.52. The third-order valence-electron chi connectivity index (χ3n) is 14.0. The fraction of sp³-hybridized carbons (Fsp3) is 0.630. The van der Waals surface area contributed by atoms with Crippen LogP contribution in [-0.2, 0) is 4.74 Å². The number of nitrogens with zero attached hydrogens (tertiary/aromatic N) is 9. The molecule has 65 heavy (non-hydrogen) atoms. The van der Waals surface area contributed by atoms with Gasteiger partial charge in [-0.3, -0.25) is 19.5 Å². The summed E-state index contributed by atoms with van der Waals surface area (Å²) >= 11 is 0. The molecule has 1 amide bonds. The minimum Gasteiger partial charge on any atom is -0.489 e. The number of aliphatic hydroxyl groups excluding tert-OH is 3. The molecule has 0 radical (unpaired) electrons. The summed E-state index contributed by atoms with van der Waals surface area (Å²) in [4.78, 5) is 22.6. The predicted octanol–water partition coefficient (Wildman–Crippen LogP) is 5.76. The van der Waals surface area contributed by atoms with Gasteiger partial charge in [-0.25, -0.2) is 18.3 Å². The molecule has 2 aliphatic carbocycles. The third-order valence-corrected chi connectivity index (χ3v) is 14.0. The van der Waals surface area contributed by atoms with Crippen LogP contribution in [0.1, 0.15) is 125 Å². The highest BCUT2D eigenvalue weighted by atomic mass is 19.3. The molecule has 5 N–H and O–H groups in total. The Hall–Kier alpha value is -4.79. The molecule has 0 spiro atoms. The Balaban J connectivity index is 0.732. The molecular formula is C46H63F2N11O6. The number of hydrogen-bond donors (Lipinski definition) is 5. The number of alkyl halides is 2. The predicted molar refractivity (Wildman–Crippen MR) is 239 cm³/mol. The zero-order valence-corrected chi connectivity index (χ0v) is 37.5. The number of hydrogen-bond acceptors (Lipinski definition) is 13. The summed E-state index contributed by atoms with van der Waals surface area (Å²) in [5, 5.41) is 49.9. The first-order valence-electron chi connectivity index (χ1n) is 23.4. The number of aryl methyl sites for hydroxylation is 1. The number of carbonyl (C=O) groups excluding carboxylic acids is 1. The molecule has 352 valence electrons. The zero-order valence-electron chi connectivity index (χ0n) is 37.5. The van der Waals surface area contributed by atoms with Crippen LogP contribution < -0.4 is 20.3 Å². The number of likely N-dealkylation sites (tertiary alicyclic amines) is 1. The molecule has 2 saturated carbocycles. The number of fused-ring (bicyclic) bond motifs is 2. The van der Waals surface area contributed by atoms with Crippen LogP contribution in [0.4, 0.5) is 20.3 Å². The number of halogens is 2. The number of benzene rings is 1. The van der Waals surface area contributed by atoms with Crippen LogP contribution in [0.3, 0.4) is 0 Å². The van der Waals surface area contributed by atoms with Gasteiger partial charge < -0.3 is 39.9 Å². The van der Waals surface area contributed by atoms with Gasteiger partial charge >= 0.3 is 0 Å². The number of aliphatic hydroxyl groups is 3. The minimum absolute atomic E-state index is 0.0198. The average Bonchev–Trinajstić information content (AvgIpc) is 4.00. The van der Waals surface area contributed by atoms with E-state index in [-0.39, 0.29) is 53.4 Å². The van der Waals surface area contributed by atoms with Crippen LogP contribution in [0.25, 0.3) is 16.6 Å². The van der Waals surface area contributed by atoms with Crippen LogP contribution >= 0.6 is 0 Å². The van der Waals surface area contributed by atoms with Gasteiger partial charge in [-0.15, -0.1) is 0 Å². The SMILES string of the molecule is CCCN(CCO)c1ccn2ncc(C(=O)Nc3cn(C4CCC(CN5CCC(OC6(C)CC(Oc7cccc8c7c(C)nn8[C@H]7CC[C@H](O)N[C@H]7O)C6)CC5)CC4)nc3C(F)F)c2n1. The van der Waals surface area contributed by atoms with E-state index in [9.17, 15) is 28.9 Å². The molecule has 4 fully saturated rings. The van der Waals surface area contributed by atoms with E-state index >= 15 is 0 Å². The second-order valence-electron chi connectivity index (χ2n) is 18.8. The van der Waals surface area contributed by atoms with Gasteiger partial charge in [0.25, 0.3) is 12.3 Å². The molecule has 2 saturated heterocycles. The molecule has 17 nitrogen and oxygen atoms in total. The van der Waals surface area contributed by atoms with E-state index in [0.29, 0.717) is 37.7 Å². The van der Waals surface area contributed by atoms with Crippen LogP contribution in [0.2, 0.25) is 0 Å². The largest absolute Gasteiger partial charge is 0.489 e. The molecule has 6 heterocycles. The first-order valence-corrected chi connectivity index (χ1v) is 23.4. The van der Waals surface area contributed by atoms with E-state index in [2.05, 4.69) is 37.6 Å². The summed E-state index contributed by atoms with van der Waals surface area (Å²) in [6.45, 7) is 10.1. The number of aromatic nitrogens is 7. The number of nitrogens with one attached hydrogen (secondary N) is 2. The van der Waals surface area contributed by atoms with Crippen molar-refractivity contribution in [1.29, 1.82) is 0 Å². The molecule has 0 unspecified atom stereocenters. The lowest BCUT2D eigenvalue weighted by molar-refractivity contribution is -0.175. The van der Waals surface area contributed by atoms with Gasteiger partial charge in [0.1, 0.15) is 35.7 Å². The second-order valence-corrected chi connectivity index (χ2v) is 18.8. The maximum atomic E-state index is 14.3. The van der Waals surface area contributed by atoms with Crippen LogP contribution in [0.5, 0.6) is 5.75 Å². The van der Waals surface area contributed by atoms with Gasteiger partial charge in [0, 0.05) is 58.0 Å². The Morgan fingerprint density at radius 1 is 1.03 bits per heavy atom. The molecule has 0 bridgehead atoms. The molecular weight excluding hydrogens is 841 g/mol. The van der Waals surface area contributed by atoms with Crippen molar-refractivity contribution >= 4 is 34.0 Å². The quantitative estimate of drug-likeness (QED) is 0.0805. The fourth-order valence-electron chi connectivity index (χ4n) is 10.6. The normalized spacial score (nSPS) is 26.8. The number of ether oxygens (including phenoxy) is 2. The molecule has 1 aromatic carbocycles. The van der Waals surface area contributed by atoms with Gasteiger partial charge in [0.05, 0.1) is 58.9 Å². The summed E-state index contributed by atoms with van der Waals surface area (Å²) < 4.78 is 46.9. The first-order chi connectivity index (χ1) is 31.4. The summed E-state index contributed by atoms with van der Waals surface area (Å²) in [6, 6.07) is 7.40. The molecule has 3 atom stereocenters. The van der Waals surface area contributed by atoms with Gasteiger partial charge in [0.2, 0.25) is 0 Å². The Morgan fingerprint density at radius 2 is 1.82 bits per heavy atom. The monoisotopic (exact) mass is 903 g/mol. The number of rotatable bonds is 16. The van der Waals surface area contributed by atoms with Crippen LogP contribution in [0.15, 0.2) is 42.9 Å². The summed E-state index contributed by atoms with van der Waals surface area (Å²) in [5.74, 6) is 1.28. The van der Waals surface area contributed by atoms with Gasteiger partial charge in [-0.05, 0) is 95.8 Å². The summed E-state index contributed by atoms with van der Waals surface area (Å²) in [5.41, 5.74) is 1.47. The minimum atomic E-state index is -2.87. The summed E-state index contributed by atoms with van der Waals surface area (Å²) in [7, 11) is 0. The van der Waals surface area contributed by atoms with Crippen molar-refractivity contribution in [3.8, 4) is 5.75 Å². The highest BCUT2D eigenvalue weighted by Crippen LogP contribution is 2.43. The van der Waals surface area contributed by atoms with E-state index < -0.39 is 30.5 Å². The summed E-state index contributed by atoms with van der Waals surface area (Å²) in [6.07, 6.45) is 9.44. The maximum absolute atomic E-state index is 14.3. The standard InChI is InChI=1S/C46H63F2N11O6/c1-4-17-56(21-22-60)38-16-20-57-43(51-38)33(25-49-57)44(62)50-34-27-58(54-41(34)42(47)48)30-10-8-29(9-11-30)26-55-18-14-31(15-19-55)65-46(3)23-32(24-46)64-37-7-5-6-35-40(37)28(2)53-59(35)36-12-13-39(61)52-45(36)63/h5-7,16,20,25,27,29-32,36,39,42,45,52,60-61,63H,4,8-15,17-19,21-24,26H2,1-3H3,(H,50,62)/t29?,30?,32?,36-,39-,45-,46?/m0/s1. The topological polar surface area (TPSA) is 193 Å². The van der Waals surface area contributed by atoms with Crippen molar-refractivity contribution in [2.24, 2.45) is 5.92 Å². The first kappa shape index (κ1) is 45.4. The molecule has 5 aromatic rings. The highest BCUT2D eigenvalue weighted by molar-refractivity contribution is 6.08. The van der Waals surface area contributed by atoms with Crippen molar-refractivity contribution in [3.05, 3.63) is 59.8 Å². The number of amides is 1. The van der Waals surface area contributed by atoms with Gasteiger partial charge in [0.15, 0.2) is 11.3 Å². The smallest absolute Gasteiger partial charge is 0.284 e. The molecule has 19 heteroatoms. The lowest BCUT2D eigenvalue weighted by Gasteiger charge is -2.47. The number of carbonyl (C=O) groups is 1. The van der Waals surface area contributed by atoms with E-state index in [1.165, 1.54) is 16.9 Å². The highest BCUT2D eigenvalue weighted by Gasteiger charge is 2.45. The third kappa shape index (κ3) is 9.72. The Kier molecular flexibility index (Phi) is 13.4. The zero-order chi connectivity index (χ0) is 45.4. The molecule has 4 aliphatic rings.